The van der Waals surface area contributed by atoms with Crippen LogP contribution in [-0.4, -0.2) is 26.8 Å². The van der Waals surface area contributed by atoms with Gasteiger partial charge in [-0.3, -0.25) is 9.44 Å². The van der Waals surface area contributed by atoms with Crippen LogP contribution in [0.1, 0.15) is 23.6 Å². The number of quaternary nitrogens is 1. The summed E-state index contributed by atoms with van der Waals surface area (Å²) in [4.78, 5) is 14.4. The van der Waals surface area contributed by atoms with E-state index in [0.717, 1.165) is 34.3 Å². The van der Waals surface area contributed by atoms with Gasteiger partial charge < -0.3 is 14.8 Å². The summed E-state index contributed by atoms with van der Waals surface area (Å²) in [5, 5.41) is 13.3. The smallest absolute Gasteiger partial charge is 0.218 e. The average molecular weight is 366 g/mol. The summed E-state index contributed by atoms with van der Waals surface area (Å²) >= 11 is 1.14. The molecule has 6 heteroatoms. The summed E-state index contributed by atoms with van der Waals surface area (Å²) in [6.45, 7) is 2.41. The van der Waals surface area contributed by atoms with Crippen molar-refractivity contribution in [2.45, 2.75) is 24.8 Å². The van der Waals surface area contributed by atoms with E-state index in [2.05, 4.69) is 29.2 Å². The van der Waals surface area contributed by atoms with Gasteiger partial charge in [0.05, 0.1) is 18.5 Å². The van der Waals surface area contributed by atoms with Crippen molar-refractivity contribution in [3.8, 4) is 0 Å². The van der Waals surface area contributed by atoms with E-state index in [-0.39, 0.29) is 11.2 Å². The molecule has 0 amide bonds. The van der Waals surface area contributed by atoms with E-state index in [9.17, 15) is 10.0 Å². The molecule has 3 atom stereocenters. The lowest BCUT2D eigenvalue weighted by Crippen LogP contribution is -2.41. The minimum atomic E-state index is -0.583. The zero-order valence-corrected chi connectivity index (χ0v) is 15.1. The number of fused-ring (bicyclic) bond motifs is 4. The Labute approximate surface area is 156 Å². The number of carbonyl (C=O) groups excluding carboxylic acids is 1. The van der Waals surface area contributed by atoms with Crippen molar-refractivity contribution in [3.63, 3.8) is 0 Å². The molecule has 0 fully saturated rings. The topological polar surface area (TPSA) is 52.6 Å². The fourth-order valence-corrected chi connectivity index (χ4v) is 5.28. The van der Waals surface area contributed by atoms with Crippen molar-refractivity contribution in [2.24, 2.45) is 0 Å². The molecule has 5 nitrogen and oxygen atoms in total. The van der Waals surface area contributed by atoms with Crippen molar-refractivity contribution >= 4 is 16.9 Å². The number of hydroxylamine groups is 3. The molecule has 3 unspecified atom stereocenters. The van der Waals surface area contributed by atoms with Gasteiger partial charge >= 0.3 is 0 Å². The van der Waals surface area contributed by atoms with Crippen molar-refractivity contribution < 1.29 is 14.2 Å². The molecule has 0 aromatic heterocycles. The maximum atomic E-state index is 13.8. The number of hydrogen-bond donors (Lipinski definition) is 0. The first kappa shape index (κ1) is 15.9. The van der Waals surface area contributed by atoms with Crippen molar-refractivity contribution in [1.82, 2.24) is 4.90 Å². The van der Waals surface area contributed by atoms with E-state index in [4.69, 9.17) is 4.74 Å². The molecule has 4 heterocycles. The number of ether oxygens (including phenoxy) is 1. The SMILES string of the molecule is Cc1ccc(C2C3=CC(=O)SC3[N+]3([O-])C=CCC3=C3C=COCN32)cc1. The van der Waals surface area contributed by atoms with Crippen molar-refractivity contribution in [3.05, 3.63) is 88.3 Å². The van der Waals surface area contributed by atoms with Crippen LogP contribution < -0.4 is 0 Å². The minimum Gasteiger partial charge on any atom is -0.621 e. The molecule has 0 saturated carbocycles. The monoisotopic (exact) mass is 366 g/mol. The normalized spacial score (nSPS) is 32.0. The Balaban J connectivity index is 1.75. The Bertz CT molecular complexity index is 915. The highest BCUT2D eigenvalue weighted by Gasteiger charge is 2.51. The summed E-state index contributed by atoms with van der Waals surface area (Å²) < 4.78 is 5.01. The van der Waals surface area contributed by atoms with Gasteiger partial charge in [0.25, 0.3) is 0 Å². The van der Waals surface area contributed by atoms with Gasteiger partial charge in [0.1, 0.15) is 11.4 Å². The highest BCUT2D eigenvalue weighted by Crippen LogP contribution is 2.53. The Morgan fingerprint density at radius 3 is 2.92 bits per heavy atom. The second kappa shape index (κ2) is 5.61. The molecule has 4 aliphatic heterocycles. The number of nitrogens with zero attached hydrogens (tertiary/aromatic N) is 2. The van der Waals surface area contributed by atoms with Gasteiger partial charge in [0.15, 0.2) is 12.1 Å². The lowest BCUT2D eigenvalue weighted by Gasteiger charge is -2.41. The van der Waals surface area contributed by atoms with E-state index < -0.39 is 10.0 Å². The number of allylic oxidation sites excluding steroid dienone is 2. The van der Waals surface area contributed by atoms with E-state index >= 15 is 0 Å². The third kappa shape index (κ3) is 2.16. The molecule has 0 aliphatic carbocycles. The molecule has 0 N–H and O–H groups in total. The molecule has 0 radical (unpaired) electrons. The van der Waals surface area contributed by atoms with Gasteiger partial charge in [-0.1, -0.05) is 29.8 Å². The molecule has 0 spiro atoms. The standard InChI is InChI=1S/C20H18N2O3S/c1-13-4-6-14(7-5-13)19-15-11-18(23)26-20(15)22(24)9-2-3-17(22)16-8-10-25-12-21(16)19/h2,4-11,19-20H,3,12H2,1H3. The second-order valence-electron chi connectivity index (χ2n) is 6.95. The lowest BCUT2D eigenvalue weighted by atomic mass is 9.95. The van der Waals surface area contributed by atoms with Crippen LogP contribution in [0.15, 0.2) is 71.9 Å². The zero-order chi connectivity index (χ0) is 17.9. The van der Waals surface area contributed by atoms with Crippen LogP contribution in [0, 0.1) is 12.1 Å². The average Bonchev–Trinajstić information content (AvgIpc) is 3.20. The molecule has 0 saturated heterocycles. The third-order valence-corrected chi connectivity index (χ3v) is 6.53. The highest BCUT2D eigenvalue weighted by atomic mass is 32.2. The molecule has 0 bridgehead atoms. The first-order chi connectivity index (χ1) is 12.6. The van der Waals surface area contributed by atoms with Gasteiger partial charge in [-0.05, 0) is 30.3 Å². The van der Waals surface area contributed by atoms with Crippen LogP contribution in [0.2, 0.25) is 0 Å². The third-order valence-electron chi connectivity index (χ3n) is 5.37. The summed E-state index contributed by atoms with van der Waals surface area (Å²) in [7, 11) is 0. The zero-order valence-electron chi connectivity index (χ0n) is 14.3. The van der Waals surface area contributed by atoms with Gasteiger partial charge in [-0.2, -0.15) is 0 Å². The van der Waals surface area contributed by atoms with Crippen LogP contribution in [0.25, 0.3) is 0 Å². The van der Waals surface area contributed by atoms with Crippen molar-refractivity contribution in [2.75, 3.05) is 6.73 Å². The Morgan fingerprint density at radius 1 is 1.31 bits per heavy atom. The maximum absolute atomic E-state index is 13.8. The Morgan fingerprint density at radius 2 is 2.12 bits per heavy atom. The van der Waals surface area contributed by atoms with E-state index in [0.29, 0.717) is 13.2 Å². The van der Waals surface area contributed by atoms with Gasteiger partial charge in [-0.25, -0.2) is 0 Å². The molecule has 1 aromatic rings. The predicted molar refractivity (Wildman–Crippen MR) is 99.7 cm³/mol. The second-order valence-corrected chi connectivity index (χ2v) is 8.03. The fraction of sp³-hybridized carbons (Fsp3) is 0.250. The first-order valence-corrected chi connectivity index (χ1v) is 9.50. The van der Waals surface area contributed by atoms with Crippen LogP contribution in [0.4, 0.5) is 0 Å². The summed E-state index contributed by atoms with van der Waals surface area (Å²) in [5.41, 5.74) is 4.78. The van der Waals surface area contributed by atoms with Gasteiger partial charge in [0.2, 0.25) is 5.12 Å². The van der Waals surface area contributed by atoms with E-state index in [1.807, 2.05) is 19.1 Å². The number of aryl methyl sites for hydroxylation is 1. The first-order valence-electron chi connectivity index (χ1n) is 8.62. The molecule has 26 heavy (non-hydrogen) atoms. The van der Waals surface area contributed by atoms with E-state index in [1.54, 1.807) is 18.5 Å². The molecular weight excluding hydrogens is 348 g/mol. The number of rotatable bonds is 1. The Hall–Kier alpha value is -2.28. The fourth-order valence-electron chi connectivity index (χ4n) is 4.17. The molecule has 1 aromatic carbocycles. The Kier molecular flexibility index (Phi) is 3.44. The minimum absolute atomic E-state index is 0.0490. The van der Waals surface area contributed by atoms with E-state index in [1.165, 1.54) is 5.56 Å². The largest absolute Gasteiger partial charge is 0.621 e. The number of carbonyl (C=O) groups is 1. The van der Waals surface area contributed by atoms with Crippen LogP contribution >= 0.6 is 11.8 Å². The molecular formula is C20H18N2O3S. The summed E-state index contributed by atoms with van der Waals surface area (Å²) in [5.74, 6) is 0. The van der Waals surface area contributed by atoms with Crippen LogP contribution in [0.3, 0.4) is 0 Å². The number of hydrogen-bond acceptors (Lipinski definition) is 5. The van der Waals surface area contributed by atoms with Gasteiger partial charge in [0, 0.05) is 24.1 Å². The maximum Gasteiger partial charge on any atom is 0.218 e. The highest BCUT2D eigenvalue weighted by molar-refractivity contribution is 8.15. The van der Waals surface area contributed by atoms with Crippen molar-refractivity contribution in [1.29, 1.82) is 0 Å². The summed E-state index contributed by atoms with van der Waals surface area (Å²) in [6, 6.07) is 8.10. The molecule has 132 valence electrons. The quantitative estimate of drug-likeness (QED) is 0.559. The summed E-state index contributed by atoms with van der Waals surface area (Å²) in [6.07, 6.45) is 9.38. The van der Waals surface area contributed by atoms with Crippen LogP contribution in [-0.2, 0) is 9.53 Å². The van der Waals surface area contributed by atoms with Gasteiger partial charge in [-0.15, -0.1) is 0 Å². The lowest BCUT2D eigenvalue weighted by molar-refractivity contribution is -0.790. The number of thioether (sulfide) groups is 1. The molecule has 4 aliphatic rings. The molecule has 5 rings (SSSR count). The number of benzene rings is 1. The predicted octanol–water partition coefficient (Wildman–Crippen LogP) is 3.82. The van der Waals surface area contributed by atoms with Crippen LogP contribution in [0.5, 0.6) is 0 Å².